The first-order valence-electron chi connectivity index (χ1n) is 8.22. The molecule has 5 nitrogen and oxygen atoms in total. The van der Waals surface area contributed by atoms with Gasteiger partial charge in [0.05, 0.1) is 0 Å². The van der Waals surface area contributed by atoms with Crippen LogP contribution in [0.5, 0.6) is 0 Å². The quantitative estimate of drug-likeness (QED) is 0.806. The number of aryl methyl sites for hydroxylation is 1. The van der Waals surface area contributed by atoms with Crippen LogP contribution in [0.3, 0.4) is 0 Å². The molecule has 2 saturated heterocycles. The van der Waals surface area contributed by atoms with Crippen molar-refractivity contribution < 1.29 is 0 Å². The Morgan fingerprint density at radius 2 is 1.71 bits per heavy atom. The van der Waals surface area contributed by atoms with Crippen LogP contribution in [-0.2, 0) is 0 Å². The second-order valence-electron chi connectivity index (χ2n) is 7.29. The van der Waals surface area contributed by atoms with Gasteiger partial charge in [-0.1, -0.05) is 0 Å². The monoisotopic (exact) mass is 283 g/mol. The largest absolute Gasteiger partial charge is 0.352 e. The van der Waals surface area contributed by atoms with E-state index < -0.39 is 0 Å². The molecule has 2 aliphatic carbocycles. The molecule has 4 heterocycles. The highest BCUT2D eigenvalue weighted by molar-refractivity contribution is 5.47. The Kier molecular flexibility index (Phi) is 2.38. The van der Waals surface area contributed by atoms with Gasteiger partial charge in [0.15, 0.2) is 11.5 Å². The van der Waals surface area contributed by atoms with Crippen molar-refractivity contribution in [3.05, 3.63) is 18.0 Å². The minimum atomic E-state index is 0.697. The minimum absolute atomic E-state index is 0.697. The maximum atomic E-state index is 4.82. The van der Waals surface area contributed by atoms with Gasteiger partial charge < -0.3 is 4.90 Å². The molecule has 21 heavy (non-hydrogen) atoms. The molecule has 2 aliphatic heterocycles. The summed E-state index contributed by atoms with van der Waals surface area (Å²) in [5, 5.41) is 13.1. The fourth-order valence-electron chi connectivity index (χ4n) is 5.10. The number of nitrogens with zero attached hydrogens (tertiary/aromatic N) is 5. The Hall–Kier alpha value is -1.65. The number of fused-ring (bicyclic) bond motifs is 2. The Morgan fingerprint density at radius 1 is 0.952 bits per heavy atom. The lowest BCUT2D eigenvalue weighted by Crippen LogP contribution is -2.38. The van der Waals surface area contributed by atoms with E-state index in [0.717, 1.165) is 35.0 Å². The molecule has 2 atom stereocenters. The normalized spacial score (nSPS) is 34.6. The summed E-state index contributed by atoms with van der Waals surface area (Å²) in [7, 11) is 0. The number of aromatic nitrogens is 4. The highest BCUT2D eigenvalue weighted by Gasteiger charge is 2.43. The zero-order valence-corrected chi connectivity index (χ0v) is 12.4. The van der Waals surface area contributed by atoms with Crippen LogP contribution in [0.4, 0.5) is 5.82 Å². The lowest BCUT2D eigenvalue weighted by Gasteiger charge is -2.39. The molecule has 0 N–H and O–H groups in total. The van der Waals surface area contributed by atoms with Crippen LogP contribution in [0, 0.1) is 24.7 Å². The second kappa shape index (κ2) is 4.18. The van der Waals surface area contributed by atoms with E-state index in [4.69, 9.17) is 5.10 Å². The molecule has 0 aromatic carbocycles. The Balaban J connectivity index is 1.57. The lowest BCUT2D eigenvalue weighted by molar-refractivity contribution is 0.157. The summed E-state index contributed by atoms with van der Waals surface area (Å²) in [6.07, 6.45) is 7.11. The predicted molar refractivity (Wildman–Crippen MR) is 80.2 cm³/mol. The van der Waals surface area contributed by atoms with E-state index in [-0.39, 0.29) is 0 Å². The fraction of sp³-hybridized carbons (Fsp3) is 0.688. The summed E-state index contributed by atoms with van der Waals surface area (Å²) in [5.74, 6) is 4.80. The molecule has 2 aromatic heterocycles. The van der Waals surface area contributed by atoms with Gasteiger partial charge in [-0.2, -0.15) is 4.52 Å². The predicted octanol–water partition coefficient (Wildman–Crippen LogP) is 2.45. The molecule has 5 heteroatoms. The molecule has 4 aliphatic rings. The molecule has 0 amide bonds. The summed E-state index contributed by atoms with van der Waals surface area (Å²) >= 11 is 0. The van der Waals surface area contributed by atoms with E-state index in [1.54, 1.807) is 0 Å². The molecule has 0 spiro atoms. The van der Waals surface area contributed by atoms with Crippen molar-refractivity contribution in [2.45, 2.75) is 45.1 Å². The maximum absolute atomic E-state index is 4.82. The van der Waals surface area contributed by atoms with E-state index in [1.807, 2.05) is 11.4 Å². The Labute approximate surface area is 124 Å². The van der Waals surface area contributed by atoms with Gasteiger partial charge >= 0.3 is 0 Å². The highest BCUT2D eigenvalue weighted by Crippen LogP contribution is 2.48. The van der Waals surface area contributed by atoms with E-state index >= 15 is 0 Å². The zero-order valence-electron chi connectivity index (χ0n) is 12.4. The van der Waals surface area contributed by atoms with E-state index in [1.165, 1.54) is 38.6 Å². The average molecular weight is 283 g/mol. The van der Waals surface area contributed by atoms with Crippen LogP contribution in [0.2, 0.25) is 0 Å². The third-order valence-electron chi connectivity index (χ3n) is 5.81. The van der Waals surface area contributed by atoms with Gasteiger partial charge in [0, 0.05) is 12.6 Å². The van der Waals surface area contributed by atoms with E-state index in [0.29, 0.717) is 6.04 Å². The molecular weight excluding hydrogens is 262 g/mol. The number of rotatable bonds is 1. The first-order valence-corrected chi connectivity index (χ1v) is 8.22. The summed E-state index contributed by atoms with van der Waals surface area (Å²) in [4.78, 5) is 2.59. The van der Waals surface area contributed by atoms with Gasteiger partial charge in [-0.15, -0.1) is 15.3 Å². The van der Waals surface area contributed by atoms with Crippen LogP contribution >= 0.6 is 0 Å². The summed E-state index contributed by atoms with van der Waals surface area (Å²) < 4.78 is 1.88. The zero-order chi connectivity index (χ0) is 14.0. The van der Waals surface area contributed by atoms with Gasteiger partial charge in [-0.05, 0) is 68.9 Å². The minimum Gasteiger partial charge on any atom is -0.352 e. The Bertz CT molecular complexity index is 679. The molecule has 6 rings (SSSR count). The molecule has 2 unspecified atom stereocenters. The van der Waals surface area contributed by atoms with Gasteiger partial charge in [-0.3, -0.25) is 0 Å². The van der Waals surface area contributed by atoms with E-state index in [2.05, 4.69) is 27.2 Å². The first-order chi connectivity index (χ1) is 10.3. The van der Waals surface area contributed by atoms with Crippen molar-refractivity contribution in [3.63, 3.8) is 0 Å². The maximum Gasteiger partial charge on any atom is 0.178 e. The molecule has 4 fully saturated rings. The topological polar surface area (TPSA) is 46.3 Å². The third-order valence-corrected chi connectivity index (χ3v) is 5.81. The summed E-state index contributed by atoms with van der Waals surface area (Å²) in [6.45, 7) is 3.16. The number of hydrogen-bond donors (Lipinski definition) is 0. The van der Waals surface area contributed by atoms with Crippen LogP contribution in [0.1, 0.15) is 37.9 Å². The van der Waals surface area contributed by atoms with Gasteiger partial charge in [0.1, 0.15) is 5.82 Å². The van der Waals surface area contributed by atoms with Gasteiger partial charge in [0.25, 0.3) is 0 Å². The smallest absolute Gasteiger partial charge is 0.178 e. The highest BCUT2D eigenvalue weighted by atomic mass is 15.4. The number of hydrogen-bond acceptors (Lipinski definition) is 4. The SMILES string of the molecule is Cc1nnc2ccc(N3CC4CC5CC(C4)CC3C5)nn12. The second-order valence-corrected chi connectivity index (χ2v) is 7.29. The van der Waals surface area contributed by atoms with Crippen molar-refractivity contribution in [3.8, 4) is 0 Å². The van der Waals surface area contributed by atoms with Crippen LogP contribution in [0.25, 0.3) is 5.65 Å². The molecule has 0 radical (unpaired) electrons. The van der Waals surface area contributed by atoms with Crippen LogP contribution < -0.4 is 4.90 Å². The molecule has 2 aromatic rings. The Morgan fingerprint density at radius 3 is 2.52 bits per heavy atom. The first kappa shape index (κ1) is 12.0. The van der Waals surface area contributed by atoms with Crippen LogP contribution in [-0.4, -0.2) is 32.4 Å². The van der Waals surface area contributed by atoms with Gasteiger partial charge in [-0.25, -0.2) is 0 Å². The van der Waals surface area contributed by atoms with Crippen molar-refractivity contribution in [1.29, 1.82) is 0 Å². The lowest BCUT2D eigenvalue weighted by atomic mass is 9.68. The third kappa shape index (κ3) is 1.79. The summed E-state index contributed by atoms with van der Waals surface area (Å²) in [5.41, 5.74) is 0.844. The van der Waals surface area contributed by atoms with E-state index in [9.17, 15) is 0 Å². The molecule has 110 valence electrons. The average Bonchev–Trinajstić information content (AvgIpc) is 2.73. The van der Waals surface area contributed by atoms with Gasteiger partial charge in [0.2, 0.25) is 0 Å². The van der Waals surface area contributed by atoms with Crippen molar-refractivity contribution in [2.24, 2.45) is 17.8 Å². The van der Waals surface area contributed by atoms with Crippen molar-refractivity contribution in [2.75, 3.05) is 11.4 Å². The van der Waals surface area contributed by atoms with Crippen LogP contribution in [0.15, 0.2) is 12.1 Å². The van der Waals surface area contributed by atoms with Crippen molar-refractivity contribution in [1.82, 2.24) is 19.8 Å². The molecule has 2 saturated carbocycles. The number of anilines is 1. The summed E-state index contributed by atoms with van der Waals surface area (Å²) in [6, 6.07) is 4.89. The molecule has 4 bridgehead atoms. The molecular formula is C16H21N5. The standard InChI is InChI=1S/C16H21N5/c1-10-17-18-15-2-3-16(19-21(10)15)20-9-13-5-11-4-12(6-13)8-14(20)7-11/h2-3,11-14H,4-9H2,1H3. The fourth-order valence-corrected chi connectivity index (χ4v) is 5.10. The van der Waals surface area contributed by atoms with Crippen molar-refractivity contribution >= 4 is 11.5 Å².